The number of ether oxygens (including phenoxy) is 2. The van der Waals surface area contributed by atoms with E-state index in [1.54, 1.807) is 12.1 Å². The van der Waals surface area contributed by atoms with Crippen LogP contribution in [0.5, 0.6) is 11.5 Å². The van der Waals surface area contributed by atoms with Gasteiger partial charge in [0, 0.05) is 5.39 Å². The highest BCUT2D eigenvalue weighted by Crippen LogP contribution is 2.33. The molecule has 0 saturated carbocycles. The van der Waals surface area contributed by atoms with Gasteiger partial charge in [0.2, 0.25) is 0 Å². The molecule has 2 aromatic carbocycles. The van der Waals surface area contributed by atoms with Crippen LogP contribution in [0, 0.1) is 6.92 Å². The molecule has 0 spiro atoms. The Morgan fingerprint density at radius 3 is 2.50 bits per heavy atom. The zero-order chi connectivity index (χ0) is 17.4. The molecule has 1 aliphatic rings. The summed E-state index contributed by atoms with van der Waals surface area (Å²) in [6, 6.07) is 6.61. The van der Waals surface area contributed by atoms with Gasteiger partial charge in [0.05, 0.1) is 7.11 Å². The van der Waals surface area contributed by atoms with Crippen LogP contribution in [0.25, 0.3) is 10.8 Å². The first kappa shape index (κ1) is 16.3. The molecule has 6 heteroatoms. The molecular weight excluding hydrogens is 312 g/mol. The van der Waals surface area contributed by atoms with Crippen LogP contribution in [-0.4, -0.2) is 46.7 Å². The quantitative estimate of drug-likeness (QED) is 0.585. The van der Waals surface area contributed by atoms with Crippen molar-refractivity contribution in [3.63, 3.8) is 0 Å². The summed E-state index contributed by atoms with van der Waals surface area (Å²) in [6.45, 7) is 1.87. The number of aliphatic hydroxyl groups excluding tert-OH is 2. The number of aliphatic hydroxyl groups is 2. The molecule has 24 heavy (non-hydrogen) atoms. The number of rotatable bonds is 3. The summed E-state index contributed by atoms with van der Waals surface area (Å²) >= 11 is 0. The van der Waals surface area contributed by atoms with E-state index in [4.69, 9.17) is 9.47 Å². The smallest absolute Gasteiger partial charge is 0.343 e. The molecule has 0 bridgehead atoms. The summed E-state index contributed by atoms with van der Waals surface area (Å²) in [6.07, 6.45) is -0.484. The predicted molar refractivity (Wildman–Crippen MR) is 87.3 cm³/mol. The third-order valence-electron chi connectivity index (χ3n) is 4.16. The number of benzene rings is 2. The number of phenolic OH excluding ortho intramolecular Hbond substituents is 1. The van der Waals surface area contributed by atoms with Crippen molar-refractivity contribution in [3.05, 3.63) is 47.5 Å². The lowest BCUT2D eigenvalue weighted by Gasteiger charge is -2.18. The first-order valence-electron chi connectivity index (χ1n) is 7.48. The van der Waals surface area contributed by atoms with Gasteiger partial charge in [0.25, 0.3) is 0 Å². The van der Waals surface area contributed by atoms with Gasteiger partial charge in [-0.3, -0.25) is 0 Å². The Balaban J connectivity index is 2.04. The number of fused-ring (bicyclic) bond motifs is 1. The van der Waals surface area contributed by atoms with Gasteiger partial charge >= 0.3 is 5.97 Å². The van der Waals surface area contributed by atoms with Crippen LogP contribution in [0.4, 0.5) is 0 Å². The second-order valence-corrected chi connectivity index (χ2v) is 5.74. The molecule has 3 N–H and O–H groups in total. The second-order valence-electron chi connectivity index (χ2n) is 5.74. The van der Waals surface area contributed by atoms with E-state index >= 15 is 0 Å². The third-order valence-corrected chi connectivity index (χ3v) is 4.16. The van der Waals surface area contributed by atoms with Gasteiger partial charge in [-0.25, -0.2) is 4.79 Å². The number of hydrogen-bond donors (Lipinski definition) is 3. The van der Waals surface area contributed by atoms with Crippen molar-refractivity contribution in [2.24, 2.45) is 0 Å². The molecule has 0 aromatic heterocycles. The highest BCUT2D eigenvalue weighted by Gasteiger charge is 2.32. The van der Waals surface area contributed by atoms with Crippen LogP contribution in [0.2, 0.25) is 0 Å². The van der Waals surface area contributed by atoms with Gasteiger partial charge in [-0.15, -0.1) is 0 Å². The average molecular weight is 330 g/mol. The van der Waals surface area contributed by atoms with E-state index in [0.29, 0.717) is 11.1 Å². The van der Waals surface area contributed by atoms with E-state index in [1.807, 2.05) is 13.0 Å². The molecule has 3 rings (SSSR count). The Hall–Kier alpha value is -2.57. The molecule has 0 heterocycles. The van der Waals surface area contributed by atoms with Crippen molar-refractivity contribution in [1.29, 1.82) is 0 Å². The van der Waals surface area contributed by atoms with E-state index < -0.39 is 24.3 Å². The van der Waals surface area contributed by atoms with Gasteiger partial charge in [-0.1, -0.05) is 12.1 Å². The second kappa shape index (κ2) is 6.14. The summed E-state index contributed by atoms with van der Waals surface area (Å²) in [7, 11) is 1.52. The topological polar surface area (TPSA) is 96.2 Å². The summed E-state index contributed by atoms with van der Waals surface area (Å²) in [5.41, 5.74) is 0.881. The Kier molecular flexibility index (Phi) is 4.17. The lowest BCUT2D eigenvalue weighted by Crippen LogP contribution is -2.33. The Morgan fingerprint density at radius 1 is 1.12 bits per heavy atom. The maximum absolute atomic E-state index is 12.5. The van der Waals surface area contributed by atoms with Crippen LogP contribution in [-0.2, 0) is 4.74 Å². The molecule has 3 atom stereocenters. The van der Waals surface area contributed by atoms with Crippen molar-refractivity contribution < 1.29 is 29.6 Å². The van der Waals surface area contributed by atoms with Gasteiger partial charge < -0.3 is 24.8 Å². The number of carbonyl (C=O) groups is 1. The fourth-order valence-corrected chi connectivity index (χ4v) is 2.85. The van der Waals surface area contributed by atoms with E-state index in [2.05, 4.69) is 0 Å². The number of methoxy groups -OCH3 is 1. The van der Waals surface area contributed by atoms with Crippen molar-refractivity contribution in [2.45, 2.75) is 25.2 Å². The van der Waals surface area contributed by atoms with E-state index in [-0.39, 0.29) is 11.3 Å². The number of hydrogen-bond acceptors (Lipinski definition) is 6. The maximum Gasteiger partial charge on any atom is 0.343 e. The standard InChI is InChI=1S/C18H18O6/c1-9-7-10(23-2)8-12-11(9)3-4-13(19)16(12)18(22)24-15-6-5-14(20)17(15)21/h3-8,14-15,17,19-21H,1-2H3/t14-,15+,17+/m0/s1. The first-order valence-corrected chi connectivity index (χ1v) is 7.48. The largest absolute Gasteiger partial charge is 0.507 e. The Labute approximate surface area is 138 Å². The number of phenols is 1. The molecule has 0 fully saturated rings. The molecule has 1 aliphatic carbocycles. The summed E-state index contributed by atoms with van der Waals surface area (Å²) in [4.78, 5) is 12.5. The minimum Gasteiger partial charge on any atom is -0.507 e. The van der Waals surface area contributed by atoms with Crippen LogP contribution in [0.3, 0.4) is 0 Å². The average Bonchev–Trinajstić information content (AvgIpc) is 2.86. The van der Waals surface area contributed by atoms with Crippen LogP contribution >= 0.6 is 0 Å². The fraction of sp³-hybridized carbons (Fsp3) is 0.278. The summed E-state index contributed by atoms with van der Waals surface area (Å²) < 4.78 is 10.5. The molecule has 0 unspecified atom stereocenters. The number of carbonyl (C=O) groups excluding carboxylic acids is 1. The molecule has 0 amide bonds. The van der Waals surface area contributed by atoms with Crippen molar-refractivity contribution in [1.82, 2.24) is 0 Å². The first-order chi connectivity index (χ1) is 11.4. The normalized spacial score (nSPS) is 22.8. The minimum atomic E-state index is -1.22. The predicted octanol–water partition coefficient (Wildman–Crippen LogP) is 1.68. The molecular formula is C18H18O6. The summed E-state index contributed by atoms with van der Waals surface area (Å²) in [5, 5.41) is 30.7. The lowest BCUT2D eigenvalue weighted by atomic mass is 9.99. The highest BCUT2D eigenvalue weighted by atomic mass is 16.6. The molecule has 126 valence electrons. The van der Waals surface area contributed by atoms with E-state index in [0.717, 1.165) is 10.9 Å². The third kappa shape index (κ3) is 2.70. The van der Waals surface area contributed by atoms with Gasteiger partial charge in [0.15, 0.2) is 0 Å². The van der Waals surface area contributed by atoms with Crippen LogP contribution < -0.4 is 4.74 Å². The maximum atomic E-state index is 12.5. The number of aryl methyl sites for hydroxylation is 1. The summed E-state index contributed by atoms with van der Waals surface area (Å²) in [5.74, 6) is -0.457. The van der Waals surface area contributed by atoms with E-state index in [9.17, 15) is 20.1 Å². The van der Waals surface area contributed by atoms with Crippen LogP contribution in [0.1, 0.15) is 15.9 Å². The van der Waals surface area contributed by atoms with Crippen molar-refractivity contribution in [2.75, 3.05) is 7.11 Å². The highest BCUT2D eigenvalue weighted by molar-refractivity contribution is 6.08. The van der Waals surface area contributed by atoms with Crippen LogP contribution in [0.15, 0.2) is 36.4 Å². The molecule has 6 nitrogen and oxygen atoms in total. The number of aromatic hydroxyl groups is 1. The van der Waals surface area contributed by atoms with Crippen molar-refractivity contribution in [3.8, 4) is 11.5 Å². The Bertz CT molecular complexity index is 826. The zero-order valence-corrected chi connectivity index (χ0v) is 13.3. The number of esters is 1. The molecule has 0 aliphatic heterocycles. The zero-order valence-electron chi connectivity index (χ0n) is 13.3. The lowest BCUT2D eigenvalue weighted by molar-refractivity contribution is -0.0278. The van der Waals surface area contributed by atoms with Gasteiger partial charge in [-0.05, 0) is 42.1 Å². The molecule has 0 saturated heterocycles. The van der Waals surface area contributed by atoms with Gasteiger partial charge in [0.1, 0.15) is 35.4 Å². The minimum absolute atomic E-state index is 0.00325. The molecule has 2 aromatic rings. The fourth-order valence-electron chi connectivity index (χ4n) is 2.85. The Morgan fingerprint density at radius 2 is 1.88 bits per heavy atom. The SMILES string of the molecule is COc1cc(C)c2ccc(O)c(C(=O)O[C@@H]3C=C[C@H](O)[C@H]3O)c2c1. The van der Waals surface area contributed by atoms with Crippen molar-refractivity contribution >= 4 is 16.7 Å². The molecule has 0 radical (unpaired) electrons. The van der Waals surface area contributed by atoms with Gasteiger partial charge in [-0.2, -0.15) is 0 Å². The monoisotopic (exact) mass is 330 g/mol. The van der Waals surface area contributed by atoms with E-state index in [1.165, 1.54) is 25.3 Å².